The first-order chi connectivity index (χ1) is 17.0. The van der Waals surface area contributed by atoms with Crippen molar-refractivity contribution < 1.29 is 0 Å². The molecular formula is C32H27N3. The fraction of sp³-hybridized carbons (Fsp3) is 0.125. The highest BCUT2D eigenvalue weighted by Gasteiger charge is 2.16. The Balaban J connectivity index is 1.56. The molecule has 0 unspecified atom stereocenters. The molecule has 3 nitrogen and oxygen atoms in total. The van der Waals surface area contributed by atoms with Gasteiger partial charge in [-0.2, -0.15) is 0 Å². The zero-order valence-electron chi connectivity index (χ0n) is 20.2. The minimum absolute atomic E-state index is 0.0904. The van der Waals surface area contributed by atoms with Gasteiger partial charge >= 0.3 is 0 Å². The lowest BCUT2D eigenvalue weighted by atomic mass is 9.86. The molecule has 35 heavy (non-hydrogen) atoms. The molecular weight excluding hydrogens is 426 g/mol. The van der Waals surface area contributed by atoms with Crippen LogP contribution in [0.25, 0.3) is 55.7 Å². The highest BCUT2D eigenvalue weighted by Crippen LogP contribution is 2.34. The second-order valence-corrected chi connectivity index (χ2v) is 10.1. The summed E-state index contributed by atoms with van der Waals surface area (Å²) in [4.78, 5) is 13.6. The van der Waals surface area contributed by atoms with Gasteiger partial charge in [0.1, 0.15) is 0 Å². The number of aromatic amines is 1. The lowest BCUT2D eigenvalue weighted by Crippen LogP contribution is -2.10. The monoisotopic (exact) mass is 453 g/mol. The predicted octanol–water partition coefficient (Wildman–Crippen LogP) is 8.41. The minimum atomic E-state index is 0.0904. The first-order valence-electron chi connectivity index (χ1n) is 12.0. The average molecular weight is 454 g/mol. The van der Waals surface area contributed by atoms with Crippen molar-refractivity contribution in [2.45, 2.75) is 26.2 Å². The number of H-pyrrole nitrogens is 1. The second-order valence-electron chi connectivity index (χ2n) is 10.1. The molecule has 1 N–H and O–H groups in total. The van der Waals surface area contributed by atoms with Crippen molar-refractivity contribution in [2.24, 2.45) is 0 Å². The van der Waals surface area contributed by atoms with E-state index in [1.165, 1.54) is 16.3 Å². The normalized spacial score (nSPS) is 11.9. The number of nitrogens with zero attached hydrogens (tertiary/aromatic N) is 2. The van der Waals surface area contributed by atoms with Crippen LogP contribution < -0.4 is 0 Å². The predicted molar refractivity (Wildman–Crippen MR) is 146 cm³/mol. The Morgan fingerprint density at radius 2 is 1.09 bits per heavy atom. The number of hydrogen-bond donors (Lipinski definition) is 1. The Kier molecular flexibility index (Phi) is 5.00. The van der Waals surface area contributed by atoms with Crippen LogP contribution in [0.15, 0.2) is 103 Å². The highest BCUT2D eigenvalue weighted by atomic mass is 14.9. The first kappa shape index (κ1) is 21.3. The van der Waals surface area contributed by atoms with E-state index < -0.39 is 0 Å². The number of aromatic nitrogens is 3. The molecule has 6 aromatic rings. The van der Waals surface area contributed by atoms with E-state index in [1.807, 2.05) is 36.4 Å². The van der Waals surface area contributed by atoms with Crippen molar-refractivity contribution in [3.63, 3.8) is 0 Å². The molecule has 3 heteroatoms. The van der Waals surface area contributed by atoms with E-state index in [9.17, 15) is 0 Å². The van der Waals surface area contributed by atoms with Gasteiger partial charge in [0, 0.05) is 38.5 Å². The van der Waals surface area contributed by atoms with E-state index in [1.54, 1.807) is 0 Å². The molecule has 2 aromatic heterocycles. The molecule has 0 aliphatic carbocycles. The van der Waals surface area contributed by atoms with Crippen LogP contribution in [0, 0.1) is 0 Å². The van der Waals surface area contributed by atoms with Crippen LogP contribution in [0.5, 0.6) is 0 Å². The van der Waals surface area contributed by atoms with Crippen LogP contribution in [0.1, 0.15) is 26.3 Å². The largest absolute Gasteiger partial charge is 0.355 e. The topological polar surface area (TPSA) is 41.6 Å². The molecule has 0 saturated carbocycles. The summed E-state index contributed by atoms with van der Waals surface area (Å²) in [6.45, 7) is 6.76. The van der Waals surface area contributed by atoms with E-state index in [-0.39, 0.29) is 5.41 Å². The number of nitrogens with one attached hydrogen (secondary N) is 1. The van der Waals surface area contributed by atoms with Gasteiger partial charge in [-0.25, -0.2) is 9.97 Å². The van der Waals surface area contributed by atoms with E-state index in [0.717, 1.165) is 44.9 Å². The Bertz CT molecular complexity index is 1600. The summed E-state index contributed by atoms with van der Waals surface area (Å²) in [5, 5.41) is 2.43. The van der Waals surface area contributed by atoms with Gasteiger partial charge in [-0.1, -0.05) is 87.5 Å². The van der Waals surface area contributed by atoms with Crippen molar-refractivity contribution in [3.8, 4) is 33.9 Å². The molecule has 0 atom stereocenters. The van der Waals surface area contributed by atoms with Crippen LogP contribution in [0.2, 0.25) is 0 Å². The SMILES string of the molecule is CC(C)(C)c1ccc2[nH]c3ccc(-c4nc(-c5ccccc5)cc(-c5ccccc5)n4)cc3c2c1. The number of benzene rings is 4. The lowest BCUT2D eigenvalue weighted by Gasteiger charge is -2.18. The Morgan fingerprint density at radius 3 is 1.66 bits per heavy atom. The third-order valence-electron chi connectivity index (χ3n) is 6.59. The maximum atomic E-state index is 5.01. The van der Waals surface area contributed by atoms with Crippen molar-refractivity contribution in [2.75, 3.05) is 0 Å². The standard InChI is InChI=1S/C32H27N3/c1-32(2,3)24-15-17-28-26(19-24)25-18-23(14-16-27(25)33-28)31-34-29(21-10-6-4-7-11-21)20-30(35-31)22-12-8-5-9-13-22/h4-20,33H,1-3H3. The van der Waals surface area contributed by atoms with E-state index in [2.05, 4.69) is 92.5 Å². The fourth-order valence-corrected chi connectivity index (χ4v) is 4.59. The first-order valence-corrected chi connectivity index (χ1v) is 12.0. The van der Waals surface area contributed by atoms with Crippen LogP contribution in [-0.4, -0.2) is 15.0 Å². The van der Waals surface area contributed by atoms with Crippen molar-refractivity contribution in [1.29, 1.82) is 0 Å². The Labute approximate surface area is 205 Å². The van der Waals surface area contributed by atoms with E-state index >= 15 is 0 Å². The summed E-state index contributed by atoms with van der Waals surface area (Å²) in [5.41, 5.74) is 8.69. The molecule has 170 valence electrons. The van der Waals surface area contributed by atoms with Gasteiger partial charge in [0.15, 0.2) is 5.82 Å². The number of fused-ring (bicyclic) bond motifs is 3. The zero-order valence-corrected chi connectivity index (χ0v) is 20.2. The quantitative estimate of drug-likeness (QED) is 0.292. The molecule has 0 radical (unpaired) electrons. The van der Waals surface area contributed by atoms with E-state index in [0.29, 0.717) is 0 Å². The molecule has 0 spiro atoms. The third-order valence-corrected chi connectivity index (χ3v) is 6.59. The maximum absolute atomic E-state index is 5.01. The molecule has 0 aliphatic rings. The van der Waals surface area contributed by atoms with Gasteiger partial charge in [0.25, 0.3) is 0 Å². The van der Waals surface area contributed by atoms with Crippen LogP contribution >= 0.6 is 0 Å². The van der Waals surface area contributed by atoms with Crippen molar-refractivity contribution in [1.82, 2.24) is 15.0 Å². The molecule has 0 fully saturated rings. The van der Waals surface area contributed by atoms with Crippen molar-refractivity contribution in [3.05, 3.63) is 109 Å². The summed E-state index contributed by atoms with van der Waals surface area (Å²) < 4.78 is 0. The number of rotatable bonds is 3. The maximum Gasteiger partial charge on any atom is 0.160 e. The van der Waals surface area contributed by atoms with Gasteiger partial charge in [-0.15, -0.1) is 0 Å². The molecule has 6 rings (SSSR count). The van der Waals surface area contributed by atoms with Crippen molar-refractivity contribution >= 4 is 21.8 Å². The molecule has 0 bridgehead atoms. The summed E-state index contributed by atoms with van der Waals surface area (Å²) in [6.07, 6.45) is 0. The molecule has 0 amide bonds. The van der Waals surface area contributed by atoms with Gasteiger partial charge in [-0.05, 0) is 47.4 Å². The highest BCUT2D eigenvalue weighted by molar-refractivity contribution is 6.08. The zero-order chi connectivity index (χ0) is 24.0. The summed E-state index contributed by atoms with van der Waals surface area (Å²) in [6, 6.07) is 35.9. The van der Waals surface area contributed by atoms with Crippen LogP contribution in [0.3, 0.4) is 0 Å². The molecule has 0 saturated heterocycles. The Hall–Kier alpha value is -4.24. The van der Waals surface area contributed by atoms with Crippen LogP contribution in [0.4, 0.5) is 0 Å². The van der Waals surface area contributed by atoms with Gasteiger partial charge in [0.05, 0.1) is 11.4 Å². The number of hydrogen-bond acceptors (Lipinski definition) is 2. The third kappa shape index (κ3) is 4.00. The fourth-order valence-electron chi connectivity index (χ4n) is 4.59. The smallest absolute Gasteiger partial charge is 0.160 e. The van der Waals surface area contributed by atoms with Gasteiger partial charge in [-0.3, -0.25) is 0 Å². The van der Waals surface area contributed by atoms with E-state index in [4.69, 9.17) is 9.97 Å². The van der Waals surface area contributed by atoms with Gasteiger partial charge < -0.3 is 4.98 Å². The van der Waals surface area contributed by atoms with Gasteiger partial charge in [0.2, 0.25) is 0 Å². The molecule has 0 aliphatic heterocycles. The Morgan fingerprint density at radius 1 is 0.543 bits per heavy atom. The lowest BCUT2D eigenvalue weighted by molar-refractivity contribution is 0.591. The molecule has 2 heterocycles. The second kappa shape index (κ2) is 8.21. The summed E-state index contributed by atoms with van der Waals surface area (Å²) in [7, 11) is 0. The summed E-state index contributed by atoms with van der Waals surface area (Å²) >= 11 is 0. The minimum Gasteiger partial charge on any atom is -0.355 e. The summed E-state index contributed by atoms with van der Waals surface area (Å²) in [5.74, 6) is 0.730. The molecule has 4 aromatic carbocycles. The average Bonchev–Trinajstić information content (AvgIpc) is 3.26. The van der Waals surface area contributed by atoms with Crippen LogP contribution in [-0.2, 0) is 5.41 Å².